The van der Waals surface area contributed by atoms with Crippen LogP contribution in [0.15, 0.2) is 0 Å². The first-order valence-electron chi connectivity index (χ1n) is 4.74. The first-order chi connectivity index (χ1) is 5.68. The van der Waals surface area contributed by atoms with Crippen LogP contribution in [0.25, 0.3) is 0 Å². The third kappa shape index (κ3) is 4.70. The summed E-state index contributed by atoms with van der Waals surface area (Å²) in [6, 6.07) is 0. The van der Waals surface area contributed by atoms with Crippen molar-refractivity contribution in [1.29, 1.82) is 0 Å². The van der Waals surface area contributed by atoms with Crippen molar-refractivity contribution >= 4 is 0 Å². The molecule has 0 aliphatic heterocycles. The van der Waals surface area contributed by atoms with Crippen LogP contribution in [-0.4, -0.2) is 30.3 Å². The van der Waals surface area contributed by atoms with Gasteiger partial charge in [0, 0.05) is 18.7 Å². The highest BCUT2D eigenvalue weighted by atomic mass is 16.3. The Morgan fingerprint density at radius 1 is 1.50 bits per heavy atom. The van der Waals surface area contributed by atoms with Crippen molar-refractivity contribution < 1.29 is 5.11 Å². The minimum atomic E-state index is 0.0594. The summed E-state index contributed by atoms with van der Waals surface area (Å²) in [6.07, 6.45) is 3.04. The summed E-state index contributed by atoms with van der Waals surface area (Å²) in [7, 11) is 0. The van der Waals surface area contributed by atoms with E-state index in [0.717, 1.165) is 25.8 Å². The number of hydrogen-bond acceptors (Lipinski definition) is 3. The Labute approximate surface area is 75.3 Å². The molecule has 0 amide bonds. The summed E-state index contributed by atoms with van der Waals surface area (Å²) >= 11 is 0. The van der Waals surface area contributed by atoms with Crippen LogP contribution in [0.3, 0.4) is 0 Å². The Morgan fingerprint density at radius 2 is 2.17 bits per heavy atom. The molecule has 0 aliphatic rings. The smallest absolute Gasteiger partial charge is 0.0443 e. The maximum Gasteiger partial charge on any atom is 0.0443 e. The lowest BCUT2D eigenvalue weighted by molar-refractivity contribution is 0.267. The van der Waals surface area contributed by atoms with Gasteiger partial charge in [-0.3, -0.25) is 0 Å². The SMILES string of the molecule is CCCC(C)(CN)NCCCO. The van der Waals surface area contributed by atoms with E-state index in [1.165, 1.54) is 0 Å². The molecule has 0 radical (unpaired) electrons. The molecule has 0 aromatic heterocycles. The van der Waals surface area contributed by atoms with Crippen LogP contribution >= 0.6 is 0 Å². The molecule has 3 nitrogen and oxygen atoms in total. The third-order valence-electron chi connectivity index (χ3n) is 2.14. The normalized spacial score (nSPS) is 16.0. The molecular weight excluding hydrogens is 152 g/mol. The van der Waals surface area contributed by atoms with E-state index in [4.69, 9.17) is 10.8 Å². The Balaban J connectivity index is 3.63. The number of rotatable bonds is 7. The third-order valence-corrected chi connectivity index (χ3v) is 2.14. The molecule has 4 N–H and O–H groups in total. The fourth-order valence-corrected chi connectivity index (χ4v) is 1.28. The Morgan fingerprint density at radius 3 is 2.58 bits per heavy atom. The van der Waals surface area contributed by atoms with E-state index in [9.17, 15) is 0 Å². The van der Waals surface area contributed by atoms with E-state index >= 15 is 0 Å². The summed E-state index contributed by atoms with van der Waals surface area (Å²) in [5, 5.41) is 12.0. The molecule has 0 spiro atoms. The molecule has 0 aromatic carbocycles. The number of hydrogen-bond donors (Lipinski definition) is 3. The Bertz CT molecular complexity index is 109. The molecule has 0 rings (SSSR count). The molecular formula is C9H22N2O. The maximum absolute atomic E-state index is 8.59. The summed E-state index contributed by atoms with van der Waals surface area (Å²) in [5.41, 5.74) is 5.71. The van der Waals surface area contributed by atoms with Crippen LogP contribution in [0.2, 0.25) is 0 Å². The predicted molar refractivity (Wildman–Crippen MR) is 52.1 cm³/mol. The summed E-state index contributed by atoms with van der Waals surface area (Å²) < 4.78 is 0. The van der Waals surface area contributed by atoms with Gasteiger partial charge < -0.3 is 16.2 Å². The molecule has 0 saturated heterocycles. The van der Waals surface area contributed by atoms with Gasteiger partial charge in [0.15, 0.2) is 0 Å². The molecule has 1 unspecified atom stereocenters. The topological polar surface area (TPSA) is 58.3 Å². The second-order valence-corrected chi connectivity index (χ2v) is 3.52. The number of nitrogens with one attached hydrogen (secondary N) is 1. The van der Waals surface area contributed by atoms with Crippen molar-refractivity contribution in [2.45, 2.75) is 38.6 Å². The zero-order chi connectivity index (χ0) is 9.45. The zero-order valence-electron chi connectivity index (χ0n) is 8.27. The van der Waals surface area contributed by atoms with Gasteiger partial charge >= 0.3 is 0 Å². The van der Waals surface area contributed by atoms with Crippen LogP contribution in [0.4, 0.5) is 0 Å². The van der Waals surface area contributed by atoms with E-state index in [-0.39, 0.29) is 12.1 Å². The van der Waals surface area contributed by atoms with Crippen LogP contribution in [0, 0.1) is 0 Å². The molecule has 0 saturated carbocycles. The van der Waals surface area contributed by atoms with Crippen molar-refractivity contribution in [2.75, 3.05) is 19.7 Å². The van der Waals surface area contributed by atoms with Gasteiger partial charge in [-0.15, -0.1) is 0 Å². The monoisotopic (exact) mass is 174 g/mol. The lowest BCUT2D eigenvalue weighted by atomic mass is 9.96. The average molecular weight is 174 g/mol. The standard InChI is InChI=1S/C9H22N2O/c1-3-5-9(2,8-10)11-6-4-7-12/h11-12H,3-8,10H2,1-2H3. The minimum absolute atomic E-state index is 0.0594. The number of aliphatic hydroxyl groups excluding tert-OH is 1. The van der Waals surface area contributed by atoms with Crippen molar-refractivity contribution in [2.24, 2.45) is 5.73 Å². The predicted octanol–water partition coefficient (Wildman–Crippen LogP) is 0.476. The molecule has 74 valence electrons. The summed E-state index contributed by atoms with van der Waals surface area (Å²) in [6.45, 7) is 6.05. The van der Waals surface area contributed by atoms with Crippen molar-refractivity contribution in [1.82, 2.24) is 5.32 Å². The van der Waals surface area contributed by atoms with Crippen LogP contribution in [0.5, 0.6) is 0 Å². The van der Waals surface area contributed by atoms with Gasteiger partial charge in [0.05, 0.1) is 0 Å². The highest BCUT2D eigenvalue weighted by Gasteiger charge is 2.19. The minimum Gasteiger partial charge on any atom is -0.396 e. The van der Waals surface area contributed by atoms with E-state index in [1.54, 1.807) is 0 Å². The van der Waals surface area contributed by atoms with Gasteiger partial charge in [0.1, 0.15) is 0 Å². The van der Waals surface area contributed by atoms with Crippen molar-refractivity contribution in [3.8, 4) is 0 Å². The molecule has 0 aliphatic carbocycles. The van der Waals surface area contributed by atoms with Gasteiger partial charge in [-0.25, -0.2) is 0 Å². The summed E-state index contributed by atoms with van der Waals surface area (Å²) in [5.74, 6) is 0. The lowest BCUT2D eigenvalue weighted by Gasteiger charge is -2.29. The quantitative estimate of drug-likeness (QED) is 0.492. The number of nitrogens with two attached hydrogens (primary N) is 1. The van der Waals surface area contributed by atoms with E-state index < -0.39 is 0 Å². The number of aliphatic hydroxyl groups is 1. The second kappa shape index (κ2) is 6.40. The van der Waals surface area contributed by atoms with Gasteiger partial charge in [-0.2, -0.15) is 0 Å². The molecule has 12 heavy (non-hydrogen) atoms. The van der Waals surface area contributed by atoms with Crippen LogP contribution in [0.1, 0.15) is 33.1 Å². The molecule has 3 heteroatoms. The van der Waals surface area contributed by atoms with E-state index in [0.29, 0.717) is 6.54 Å². The van der Waals surface area contributed by atoms with Crippen molar-refractivity contribution in [3.63, 3.8) is 0 Å². The fraction of sp³-hybridized carbons (Fsp3) is 1.00. The van der Waals surface area contributed by atoms with E-state index in [1.807, 2.05) is 0 Å². The largest absolute Gasteiger partial charge is 0.396 e. The lowest BCUT2D eigenvalue weighted by Crippen LogP contribution is -2.48. The van der Waals surface area contributed by atoms with Gasteiger partial charge in [0.25, 0.3) is 0 Å². The summed E-state index contributed by atoms with van der Waals surface area (Å²) in [4.78, 5) is 0. The Kier molecular flexibility index (Phi) is 6.34. The molecule has 0 heterocycles. The molecule has 0 fully saturated rings. The van der Waals surface area contributed by atoms with Crippen LogP contribution in [-0.2, 0) is 0 Å². The second-order valence-electron chi connectivity index (χ2n) is 3.52. The van der Waals surface area contributed by atoms with E-state index in [2.05, 4.69) is 19.2 Å². The molecule has 1 atom stereocenters. The first kappa shape index (κ1) is 11.9. The fourth-order valence-electron chi connectivity index (χ4n) is 1.28. The van der Waals surface area contributed by atoms with Gasteiger partial charge in [-0.1, -0.05) is 13.3 Å². The van der Waals surface area contributed by atoms with Crippen LogP contribution < -0.4 is 11.1 Å². The molecule has 0 bridgehead atoms. The zero-order valence-corrected chi connectivity index (χ0v) is 8.27. The van der Waals surface area contributed by atoms with Gasteiger partial charge in [-0.05, 0) is 26.3 Å². The first-order valence-corrected chi connectivity index (χ1v) is 4.74. The maximum atomic E-state index is 8.59. The molecule has 0 aromatic rings. The van der Waals surface area contributed by atoms with Gasteiger partial charge in [0.2, 0.25) is 0 Å². The van der Waals surface area contributed by atoms with Crippen molar-refractivity contribution in [3.05, 3.63) is 0 Å². The highest BCUT2D eigenvalue weighted by Crippen LogP contribution is 2.09. The highest BCUT2D eigenvalue weighted by molar-refractivity contribution is 4.83. The average Bonchev–Trinajstić information content (AvgIpc) is 2.06. The Hall–Kier alpha value is -0.120.